The van der Waals surface area contributed by atoms with E-state index in [4.69, 9.17) is 4.74 Å². The highest BCUT2D eigenvalue weighted by Crippen LogP contribution is 2.17. The molecule has 0 saturated heterocycles. The molecule has 0 unspecified atom stereocenters. The lowest BCUT2D eigenvalue weighted by Gasteiger charge is -2.18. The van der Waals surface area contributed by atoms with Crippen molar-refractivity contribution in [3.8, 4) is 5.75 Å². The Bertz CT molecular complexity index is 652. The number of hydrogen-bond donors (Lipinski definition) is 2. The molecule has 0 spiro atoms. The Hall–Kier alpha value is -2.59. The van der Waals surface area contributed by atoms with Gasteiger partial charge in [0.1, 0.15) is 25.5 Å². The van der Waals surface area contributed by atoms with Gasteiger partial charge >= 0.3 is 6.18 Å². The molecule has 0 radical (unpaired) electrons. The number of aliphatic imine (C=N–C) groups is 1. The molecule has 1 rings (SSSR count). The Morgan fingerprint density at radius 2 is 1.96 bits per heavy atom. The fourth-order valence-electron chi connectivity index (χ4n) is 1.89. The molecule has 0 aliphatic heterocycles. The largest absolute Gasteiger partial charge is 0.489 e. The van der Waals surface area contributed by atoms with Crippen molar-refractivity contribution in [2.75, 3.05) is 39.8 Å². The van der Waals surface area contributed by atoms with Crippen LogP contribution in [0.15, 0.2) is 23.2 Å². The molecule has 0 aliphatic rings. The van der Waals surface area contributed by atoms with Gasteiger partial charge in [0.15, 0.2) is 17.5 Å². The summed E-state index contributed by atoms with van der Waals surface area (Å²) in [5.41, 5.74) is 0. The van der Waals surface area contributed by atoms with Crippen LogP contribution in [0.1, 0.15) is 6.92 Å². The van der Waals surface area contributed by atoms with Gasteiger partial charge in [-0.3, -0.25) is 4.79 Å². The molecule has 11 heteroatoms. The Balaban J connectivity index is 2.48. The summed E-state index contributed by atoms with van der Waals surface area (Å²) in [6.07, 6.45) is -4.48. The van der Waals surface area contributed by atoms with Crippen molar-refractivity contribution in [2.45, 2.75) is 13.1 Å². The number of alkyl halides is 3. The second-order valence-corrected chi connectivity index (χ2v) is 5.41. The summed E-state index contributed by atoms with van der Waals surface area (Å²) in [5.74, 6) is -2.29. The molecular weight excluding hydrogens is 375 g/mol. The quantitative estimate of drug-likeness (QED) is 0.305. The van der Waals surface area contributed by atoms with Gasteiger partial charge in [-0.15, -0.1) is 0 Å². The van der Waals surface area contributed by atoms with E-state index in [0.717, 1.165) is 19.2 Å². The van der Waals surface area contributed by atoms with Gasteiger partial charge in [0.25, 0.3) is 0 Å². The SMILES string of the molecule is CCNC(=NCC(=O)N(C)CC(F)(F)F)NCCOc1ccc(F)cc1F. The molecule has 27 heavy (non-hydrogen) atoms. The maximum atomic E-state index is 13.4. The van der Waals surface area contributed by atoms with E-state index in [-0.39, 0.29) is 24.9 Å². The lowest BCUT2D eigenvalue weighted by atomic mass is 10.3. The smallest absolute Gasteiger partial charge is 0.406 e. The van der Waals surface area contributed by atoms with E-state index in [1.54, 1.807) is 6.92 Å². The van der Waals surface area contributed by atoms with Crippen LogP contribution in [0.3, 0.4) is 0 Å². The van der Waals surface area contributed by atoms with E-state index in [0.29, 0.717) is 17.5 Å². The summed E-state index contributed by atoms with van der Waals surface area (Å²) in [6.45, 7) is 0.549. The normalized spacial score (nSPS) is 11.9. The zero-order valence-corrected chi connectivity index (χ0v) is 14.9. The molecule has 0 bridgehead atoms. The fourth-order valence-corrected chi connectivity index (χ4v) is 1.89. The van der Waals surface area contributed by atoms with E-state index < -0.39 is 36.8 Å². The number of nitrogens with one attached hydrogen (secondary N) is 2. The zero-order valence-electron chi connectivity index (χ0n) is 14.9. The van der Waals surface area contributed by atoms with Crippen LogP contribution >= 0.6 is 0 Å². The summed E-state index contributed by atoms with van der Waals surface area (Å²) in [5, 5.41) is 5.60. The first-order valence-corrected chi connectivity index (χ1v) is 8.03. The number of hydrogen-bond acceptors (Lipinski definition) is 3. The number of carbonyl (C=O) groups is 1. The number of halogens is 5. The molecule has 6 nitrogen and oxygen atoms in total. The molecule has 2 N–H and O–H groups in total. The second-order valence-electron chi connectivity index (χ2n) is 5.41. The minimum Gasteiger partial charge on any atom is -0.489 e. The van der Waals surface area contributed by atoms with Crippen LogP contribution in [0.4, 0.5) is 22.0 Å². The number of carbonyl (C=O) groups excluding carboxylic acids is 1. The highest BCUT2D eigenvalue weighted by Gasteiger charge is 2.31. The molecule has 0 heterocycles. The van der Waals surface area contributed by atoms with E-state index >= 15 is 0 Å². The predicted molar refractivity (Wildman–Crippen MR) is 89.5 cm³/mol. The highest BCUT2D eigenvalue weighted by molar-refractivity contribution is 5.84. The summed E-state index contributed by atoms with van der Waals surface area (Å²) in [6, 6.07) is 2.90. The van der Waals surface area contributed by atoms with Gasteiger partial charge in [-0.25, -0.2) is 13.8 Å². The van der Waals surface area contributed by atoms with Crippen molar-refractivity contribution in [3.63, 3.8) is 0 Å². The second kappa shape index (κ2) is 10.5. The fraction of sp³-hybridized carbons (Fsp3) is 0.500. The third-order valence-electron chi connectivity index (χ3n) is 3.10. The molecule has 0 aromatic heterocycles. The Labute approximate surface area is 153 Å². The molecule has 1 amide bonds. The van der Waals surface area contributed by atoms with E-state index in [2.05, 4.69) is 15.6 Å². The van der Waals surface area contributed by atoms with Crippen LogP contribution in [0.2, 0.25) is 0 Å². The van der Waals surface area contributed by atoms with Crippen LogP contribution in [-0.4, -0.2) is 62.8 Å². The van der Waals surface area contributed by atoms with E-state index in [9.17, 15) is 26.7 Å². The summed E-state index contributed by atoms with van der Waals surface area (Å²) < 4.78 is 68.2. The topological polar surface area (TPSA) is 66.0 Å². The van der Waals surface area contributed by atoms with Gasteiger partial charge in [0.2, 0.25) is 5.91 Å². The monoisotopic (exact) mass is 396 g/mol. The highest BCUT2D eigenvalue weighted by atomic mass is 19.4. The molecule has 0 aliphatic carbocycles. The molecule has 152 valence electrons. The molecule has 0 fully saturated rings. The third kappa shape index (κ3) is 9.06. The molecule has 1 aromatic carbocycles. The maximum absolute atomic E-state index is 13.4. The first-order chi connectivity index (χ1) is 12.6. The minimum atomic E-state index is -4.48. The number of nitrogens with zero attached hydrogens (tertiary/aromatic N) is 2. The number of guanidine groups is 1. The van der Waals surface area contributed by atoms with Crippen LogP contribution in [0, 0.1) is 11.6 Å². The first-order valence-electron chi connectivity index (χ1n) is 8.03. The lowest BCUT2D eigenvalue weighted by Crippen LogP contribution is -2.41. The van der Waals surface area contributed by atoms with Crippen LogP contribution in [0.25, 0.3) is 0 Å². The summed E-state index contributed by atoms with van der Waals surface area (Å²) in [7, 11) is 1.04. The van der Waals surface area contributed by atoms with Gasteiger partial charge in [-0.2, -0.15) is 13.2 Å². The molecule has 0 atom stereocenters. The van der Waals surface area contributed by atoms with Gasteiger partial charge in [0.05, 0.1) is 6.54 Å². The number of ether oxygens (including phenoxy) is 1. The molecular formula is C16H21F5N4O2. The van der Waals surface area contributed by atoms with Gasteiger partial charge in [-0.05, 0) is 19.1 Å². The minimum absolute atomic E-state index is 0.00882. The van der Waals surface area contributed by atoms with Crippen molar-refractivity contribution in [1.82, 2.24) is 15.5 Å². The maximum Gasteiger partial charge on any atom is 0.406 e. The number of amides is 1. The van der Waals surface area contributed by atoms with E-state index in [1.807, 2.05) is 0 Å². The van der Waals surface area contributed by atoms with E-state index in [1.165, 1.54) is 0 Å². The van der Waals surface area contributed by atoms with Gasteiger partial charge in [-0.1, -0.05) is 0 Å². The zero-order chi connectivity index (χ0) is 20.4. The molecule has 1 aromatic rings. The van der Waals surface area contributed by atoms with Crippen molar-refractivity contribution in [3.05, 3.63) is 29.8 Å². The number of rotatable bonds is 8. The van der Waals surface area contributed by atoms with Gasteiger partial charge in [0, 0.05) is 19.7 Å². The van der Waals surface area contributed by atoms with Crippen LogP contribution < -0.4 is 15.4 Å². The Morgan fingerprint density at radius 1 is 1.26 bits per heavy atom. The third-order valence-corrected chi connectivity index (χ3v) is 3.10. The lowest BCUT2D eigenvalue weighted by molar-refractivity contribution is -0.157. The standard InChI is InChI=1S/C16H21F5N4O2/c1-3-22-15(24-9-14(26)25(2)10-16(19,20)21)23-6-7-27-13-5-4-11(17)8-12(13)18/h4-5,8H,3,6-7,9-10H2,1-2H3,(H2,22,23,24). The average Bonchev–Trinajstić information content (AvgIpc) is 2.56. The van der Waals surface area contributed by atoms with Crippen molar-refractivity contribution < 1.29 is 31.5 Å². The number of benzene rings is 1. The van der Waals surface area contributed by atoms with Crippen molar-refractivity contribution in [1.29, 1.82) is 0 Å². The predicted octanol–water partition coefficient (Wildman–Crippen LogP) is 1.92. The summed E-state index contributed by atoms with van der Waals surface area (Å²) in [4.78, 5) is 16.1. The molecule has 0 saturated carbocycles. The van der Waals surface area contributed by atoms with Gasteiger partial charge < -0.3 is 20.3 Å². The number of likely N-dealkylation sites (N-methyl/N-ethyl adjacent to an activating group) is 1. The van der Waals surface area contributed by atoms with Crippen molar-refractivity contribution in [2.24, 2.45) is 4.99 Å². The Morgan fingerprint density at radius 3 is 2.56 bits per heavy atom. The summed E-state index contributed by atoms with van der Waals surface area (Å²) >= 11 is 0. The van der Waals surface area contributed by atoms with Crippen LogP contribution in [-0.2, 0) is 4.79 Å². The van der Waals surface area contributed by atoms with Crippen molar-refractivity contribution >= 4 is 11.9 Å². The first kappa shape index (κ1) is 22.5. The average molecular weight is 396 g/mol. The Kier molecular flexibility index (Phi) is 8.76. The van der Waals surface area contributed by atoms with Crippen LogP contribution in [0.5, 0.6) is 5.75 Å².